The van der Waals surface area contributed by atoms with E-state index in [0.29, 0.717) is 40.4 Å². The van der Waals surface area contributed by atoms with Crippen LogP contribution in [-0.2, 0) is 0 Å². The monoisotopic (exact) mass is 555 g/mol. The van der Waals surface area contributed by atoms with E-state index in [4.69, 9.17) is 0 Å². The molecule has 0 aliphatic heterocycles. The summed E-state index contributed by atoms with van der Waals surface area (Å²) in [4.78, 5) is 0. The van der Waals surface area contributed by atoms with Gasteiger partial charge in [0.1, 0.15) is 0 Å². The number of hydrogen-bond donors (Lipinski definition) is 0. The van der Waals surface area contributed by atoms with E-state index in [1.807, 2.05) is 0 Å². The highest BCUT2D eigenvalue weighted by Crippen LogP contribution is 2.72. The lowest BCUT2D eigenvalue weighted by Crippen LogP contribution is -2.43. The van der Waals surface area contributed by atoms with Crippen molar-refractivity contribution in [2.75, 3.05) is 0 Å². The van der Waals surface area contributed by atoms with Crippen LogP contribution in [-0.4, -0.2) is 0 Å². The van der Waals surface area contributed by atoms with E-state index in [9.17, 15) is 0 Å². The third-order valence-electron chi connectivity index (χ3n) is 14.1. The van der Waals surface area contributed by atoms with Gasteiger partial charge in [-0.2, -0.15) is 0 Å². The highest BCUT2D eigenvalue weighted by molar-refractivity contribution is 5.21. The third-order valence-corrected chi connectivity index (χ3v) is 14.1. The van der Waals surface area contributed by atoms with Crippen LogP contribution in [0.25, 0.3) is 0 Å². The van der Waals surface area contributed by atoms with Crippen LogP contribution in [0, 0.1) is 93.7 Å². The van der Waals surface area contributed by atoms with Crippen LogP contribution in [0.1, 0.15) is 74.6 Å². The smallest absolute Gasteiger partial charge is 0 e. The van der Waals surface area contributed by atoms with Crippen molar-refractivity contribution in [1.82, 2.24) is 0 Å². The van der Waals surface area contributed by atoms with E-state index >= 15 is 0 Å². The van der Waals surface area contributed by atoms with Crippen LogP contribution in [0.2, 0.25) is 0 Å². The molecule has 0 bridgehead atoms. The molecule has 0 saturated heterocycles. The average Bonchev–Trinajstić information content (AvgIpc) is 3.75. The second-order valence-corrected chi connectivity index (χ2v) is 16.2. The maximum atomic E-state index is 4.27. The first-order chi connectivity index (χ1) is 19.5. The van der Waals surface area contributed by atoms with Gasteiger partial charge in [0.2, 0.25) is 0 Å². The van der Waals surface area contributed by atoms with Crippen molar-refractivity contribution >= 4 is 0 Å². The minimum absolute atomic E-state index is 0. The van der Waals surface area contributed by atoms with Crippen molar-refractivity contribution in [2.45, 2.75) is 73.1 Å². The summed E-state index contributed by atoms with van der Waals surface area (Å²) in [6.07, 6.45) is 23.7. The van der Waals surface area contributed by atoms with Gasteiger partial charge in [-0.15, -0.1) is 39.5 Å². The quantitative estimate of drug-likeness (QED) is 0.274. The zero-order valence-electron chi connectivity index (χ0n) is 27.1. The van der Waals surface area contributed by atoms with Gasteiger partial charge in [-0.05, 0) is 139 Å². The minimum atomic E-state index is 0. The molecular weight excluding hydrogens is 492 g/mol. The molecule has 0 amide bonds. The Hall–Kier alpha value is -1.82. The molecule has 15 atom stereocenters. The molecule has 226 valence electrons. The highest BCUT2D eigenvalue weighted by atomic mass is 14.7. The molecular formula is C41H62. The van der Waals surface area contributed by atoms with Crippen molar-refractivity contribution in [3.8, 4) is 0 Å². The molecule has 5 fully saturated rings. The van der Waals surface area contributed by atoms with E-state index in [1.165, 1.54) is 38.5 Å². The molecule has 0 nitrogen and oxygen atoms in total. The zero-order chi connectivity index (χ0) is 29.9. The molecule has 0 spiro atoms. The molecule has 0 N–H and O–H groups in total. The Kier molecular flexibility index (Phi) is 8.48. The lowest BCUT2D eigenvalue weighted by molar-refractivity contribution is 0.00182. The maximum Gasteiger partial charge on any atom is 0 e. The molecule has 41 heavy (non-hydrogen) atoms. The van der Waals surface area contributed by atoms with Gasteiger partial charge in [0.25, 0.3) is 0 Å². The summed E-state index contributed by atoms with van der Waals surface area (Å²) in [7, 11) is 0. The zero-order valence-corrected chi connectivity index (χ0v) is 27.1. The fourth-order valence-electron chi connectivity index (χ4n) is 12.6. The van der Waals surface area contributed by atoms with Crippen molar-refractivity contribution in [3.05, 3.63) is 87.6 Å². The Morgan fingerprint density at radius 2 is 1.12 bits per heavy atom. The van der Waals surface area contributed by atoms with Gasteiger partial charge in [0, 0.05) is 1.43 Å². The SMILES string of the molecule is C=CC1CC(C=C)C2C1CC(C)(C1C3C(C=C)CC(C=C)C3CC1(C)C)C2C.C=CC1CC(C=C)C2CC(C)=CC12.[2HH]. The van der Waals surface area contributed by atoms with Crippen LogP contribution in [0.5, 0.6) is 0 Å². The minimum Gasteiger partial charge on any atom is -0.103 e. The second kappa shape index (κ2) is 11.4. The van der Waals surface area contributed by atoms with Crippen LogP contribution >= 0.6 is 0 Å². The van der Waals surface area contributed by atoms with Gasteiger partial charge in [-0.25, -0.2) is 0 Å². The Balaban J connectivity index is 0.000000243. The molecule has 0 heterocycles. The predicted molar refractivity (Wildman–Crippen MR) is 181 cm³/mol. The Labute approximate surface area is 255 Å². The summed E-state index contributed by atoms with van der Waals surface area (Å²) in [5.41, 5.74) is 2.36. The largest absolute Gasteiger partial charge is 0.103 e. The van der Waals surface area contributed by atoms with E-state index < -0.39 is 0 Å². The predicted octanol–water partition coefficient (Wildman–Crippen LogP) is 11.4. The number of rotatable bonds is 7. The molecule has 0 aromatic carbocycles. The van der Waals surface area contributed by atoms with E-state index in [0.717, 1.165) is 53.3 Å². The van der Waals surface area contributed by atoms with Crippen LogP contribution in [0.3, 0.4) is 0 Å². The van der Waals surface area contributed by atoms with Crippen molar-refractivity contribution in [1.29, 1.82) is 0 Å². The molecule has 6 rings (SSSR count). The second-order valence-electron chi connectivity index (χ2n) is 16.2. The summed E-state index contributed by atoms with van der Waals surface area (Å²) in [6, 6.07) is 0. The molecule has 6 aliphatic carbocycles. The Morgan fingerprint density at radius 3 is 1.66 bits per heavy atom. The fourth-order valence-corrected chi connectivity index (χ4v) is 12.6. The van der Waals surface area contributed by atoms with Crippen molar-refractivity contribution in [3.63, 3.8) is 0 Å². The van der Waals surface area contributed by atoms with Gasteiger partial charge >= 0.3 is 0 Å². The van der Waals surface area contributed by atoms with Gasteiger partial charge in [-0.3, -0.25) is 0 Å². The van der Waals surface area contributed by atoms with E-state index in [2.05, 4.69) is 117 Å². The molecule has 0 aromatic rings. The summed E-state index contributed by atoms with van der Waals surface area (Å²) in [5.74, 6) is 10.4. The van der Waals surface area contributed by atoms with Gasteiger partial charge < -0.3 is 0 Å². The standard InChI is InChI=1S/C28H42.C13H18.H2/c1-9-18-14-21(12-4)25-22(18)15-27(6,7)26(25)28(8)16-23-19(10-2)13-20(11-3)24(23)17(28)5;1-4-10-8-11(5-2)13-7-9(3)6-12(10)13;/h9-12,17-26H,1-4,13-16H2,5-8H3;4-6,10-13H,1-2,7-8H2,3H3;1H/i;;1+1. The molecule has 15 unspecified atom stereocenters. The number of allylic oxidation sites excluding steroid dienone is 8. The fraction of sp³-hybridized carbons (Fsp3) is 0.659. The van der Waals surface area contributed by atoms with E-state index in [1.54, 1.807) is 5.57 Å². The maximum absolute atomic E-state index is 4.27. The normalized spacial score (nSPS) is 50.5. The van der Waals surface area contributed by atoms with Gasteiger partial charge in [0.05, 0.1) is 0 Å². The Bertz CT molecular complexity index is 1090. The first-order valence-electron chi connectivity index (χ1n) is 16.9. The summed E-state index contributed by atoms with van der Waals surface area (Å²) < 4.78 is 0. The molecule has 6 aliphatic rings. The van der Waals surface area contributed by atoms with Crippen LogP contribution in [0.15, 0.2) is 87.6 Å². The summed E-state index contributed by atoms with van der Waals surface area (Å²) in [5, 5.41) is 0. The Morgan fingerprint density at radius 1 is 0.659 bits per heavy atom. The summed E-state index contributed by atoms with van der Waals surface area (Å²) >= 11 is 0. The molecule has 0 heteroatoms. The average molecular weight is 556 g/mol. The number of hydrogen-bond acceptors (Lipinski definition) is 0. The molecule has 0 aromatic heterocycles. The number of fused-ring (bicyclic) bond motifs is 3. The van der Waals surface area contributed by atoms with Crippen LogP contribution < -0.4 is 0 Å². The molecule has 5 saturated carbocycles. The van der Waals surface area contributed by atoms with E-state index in [-0.39, 0.29) is 1.43 Å². The highest BCUT2D eigenvalue weighted by Gasteiger charge is 2.66. The topological polar surface area (TPSA) is 0 Å². The van der Waals surface area contributed by atoms with Crippen molar-refractivity contribution < 1.29 is 1.43 Å². The van der Waals surface area contributed by atoms with Gasteiger partial charge in [-0.1, -0.05) is 75.8 Å². The summed E-state index contributed by atoms with van der Waals surface area (Å²) in [6.45, 7) is 37.4. The third kappa shape index (κ3) is 4.79. The van der Waals surface area contributed by atoms with Crippen molar-refractivity contribution in [2.24, 2.45) is 93.7 Å². The molecule has 0 radical (unpaired) electrons. The first kappa shape index (κ1) is 30.6. The lowest BCUT2D eigenvalue weighted by Gasteiger charge is -2.48. The van der Waals surface area contributed by atoms with Crippen LogP contribution in [0.4, 0.5) is 0 Å². The first-order valence-corrected chi connectivity index (χ1v) is 16.9. The lowest BCUT2D eigenvalue weighted by atomic mass is 9.56. The van der Waals surface area contributed by atoms with Gasteiger partial charge in [0.15, 0.2) is 0 Å².